The molecule has 2 heterocycles. The molecule has 0 radical (unpaired) electrons. The molecule has 3 rings (SSSR count). The molecule has 3 aromatic rings. The first-order chi connectivity index (χ1) is 7.25. The van der Waals surface area contributed by atoms with Crippen LogP contribution in [0, 0.1) is 0 Å². The minimum Gasteiger partial charge on any atom is -0.399 e. The van der Waals surface area contributed by atoms with E-state index in [1.165, 1.54) is 0 Å². The smallest absolute Gasteiger partial charge is 0.272 e. The zero-order valence-corrected chi connectivity index (χ0v) is 7.90. The highest BCUT2D eigenvalue weighted by Gasteiger charge is 2.03. The third kappa shape index (κ3) is 1.05. The number of anilines is 1. The number of hydrogen-bond acceptors (Lipinski definition) is 2. The first kappa shape index (κ1) is 8.11. The van der Waals surface area contributed by atoms with Gasteiger partial charge >= 0.3 is 0 Å². The van der Waals surface area contributed by atoms with E-state index in [1.54, 1.807) is 12.1 Å². The van der Waals surface area contributed by atoms with Gasteiger partial charge in [0.25, 0.3) is 5.56 Å². The van der Waals surface area contributed by atoms with Gasteiger partial charge in [-0.25, -0.2) is 0 Å². The number of fused-ring (bicyclic) bond motifs is 3. The van der Waals surface area contributed by atoms with Crippen LogP contribution in [0.3, 0.4) is 0 Å². The van der Waals surface area contributed by atoms with Gasteiger partial charge in [0, 0.05) is 11.9 Å². The van der Waals surface area contributed by atoms with Crippen LogP contribution in [0.5, 0.6) is 0 Å². The molecule has 0 aliphatic carbocycles. The Bertz CT molecular complexity index is 708. The van der Waals surface area contributed by atoms with Crippen molar-refractivity contribution >= 4 is 22.2 Å². The predicted molar refractivity (Wildman–Crippen MR) is 59.9 cm³/mol. The number of nitrogens with two attached hydrogens (primary N) is 1. The lowest BCUT2D eigenvalue weighted by atomic mass is 10.2. The monoisotopic (exact) mass is 199 g/mol. The van der Waals surface area contributed by atoms with Crippen molar-refractivity contribution in [1.82, 2.24) is 9.38 Å². The first-order valence-electron chi connectivity index (χ1n) is 4.64. The van der Waals surface area contributed by atoms with E-state index < -0.39 is 0 Å². The Morgan fingerprint density at radius 3 is 2.93 bits per heavy atom. The van der Waals surface area contributed by atoms with Crippen LogP contribution in [-0.2, 0) is 0 Å². The Morgan fingerprint density at radius 1 is 1.20 bits per heavy atom. The van der Waals surface area contributed by atoms with Gasteiger partial charge in [-0.1, -0.05) is 0 Å². The molecule has 0 amide bonds. The van der Waals surface area contributed by atoms with E-state index in [0.717, 1.165) is 11.0 Å². The molecule has 0 bridgehead atoms. The lowest BCUT2D eigenvalue weighted by Gasteiger charge is -2.03. The molecule has 4 nitrogen and oxygen atoms in total. The zero-order chi connectivity index (χ0) is 10.4. The second kappa shape index (κ2) is 2.63. The van der Waals surface area contributed by atoms with Crippen molar-refractivity contribution in [2.75, 3.05) is 5.73 Å². The molecule has 74 valence electrons. The molecule has 4 heteroatoms. The van der Waals surface area contributed by atoms with Crippen LogP contribution in [0.25, 0.3) is 16.6 Å². The Morgan fingerprint density at radius 2 is 2.07 bits per heavy atom. The molecular weight excluding hydrogens is 190 g/mol. The Labute approximate surface area is 85.0 Å². The Balaban J connectivity index is 2.67. The number of nitrogens with zero attached hydrogens (tertiary/aromatic N) is 1. The lowest BCUT2D eigenvalue weighted by molar-refractivity contribution is 1.19. The number of H-pyrrole nitrogens is 1. The molecular formula is C11H9N3O. The maximum Gasteiger partial charge on any atom is 0.272 e. The molecule has 1 aromatic carbocycles. The van der Waals surface area contributed by atoms with E-state index in [0.29, 0.717) is 11.2 Å². The zero-order valence-electron chi connectivity index (χ0n) is 7.90. The number of aromatic amines is 1. The van der Waals surface area contributed by atoms with Gasteiger partial charge in [-0.15, -0.1) is 0 Å². The molecule has 0 fully saturated rings. The molecule has 2 aromatic heterocycles. The van der Waals surface area contributed by atoms with Crippen molar-refractivity contribution in [3.8, 4) is 0 Å². The summed E-state index contributed by atoms with van der Waals surface area (Å²) in [6.07, 6.45) is 1.85. The van der Waals surface area contributed by atoms with Crippen molar-refractivity contribution in [3.63, 3.8) is 0 Å². The topological polar surface area (TPSA) is 63.3 Å². The average Bonchev–Trinajstić information content (AvgIpc) is 2.69. The predicted octanol–water partition coefficient (Wildman–Crippen LogP) is 1.36. The quantitative estimate of drug-likeness (QED) is 0.537. The molecule has 0 unspecified atom stereocenters. The molecule has 15 heavy (non-hydrogen) atoms. The minimum atomic E-state index is -0.0859. The van der Waals surface area contributed by atoms with E-state index in [-0.39, 0.29) is 5.56 Å². The van der Waals surface area contributed by atoms with Crippen LogP contribution in [0.4, 0.5) is 5.69 Å². The van der Waals surface area contributed by atoms with Crippen molar-refractivity contribution < 1.29 is 0 Å². The van der Waals surface area contributed by atoms with Crippen molar-refractivity contribution in [2.45, 2.75) is 0 Å². The second-order valence-corrected chi connectivity index (χ2v) is 3.49. The summed E-state index contributed by atoms with van der Waals surface area (Å²) < 4.78 is 1.84. The summed E-state index contributed by atoms with van der Waals surface area (Å²) in [7, 11) is 0. The van der Waals surface area contributed by atoms with Gasteiger partial charge < -0.3 is 15.1 Å². The molecule has 0 aliphatic heterocycles. The van der Waals surface area contributed by atoms with Gasteiger partial charge in [-0.3, -0.25) is 4.79 Å². The van der Waals surface area contributed by atoms with E-state index in [1.807, 2.05) is 28.8 Å². The van der Waals surface area contributed by atoms with E-state index >= 15 is 0 Å². The van der Waals surface area contributed by atoms with E-state index in [2.05, 4.69) is 4.98 Å². The van der Waals surface area contributed by atoms with Crippen LogP contribution in [-0.4, -0.2) is 9.38 Å². The standard InChI is InChI=1S/C11H9N3O/c12-7-3-4-8-10(6-7)14-5-1-2-9(14)11(15)13-8/h1-6H,12H2,(H,13,15). The summed E-state index contributed by atoms with van der Waals surface area (Å²) in [4.78, 5) is 14.4. The molecule has 0 spiro atoms. The van der Waals surface area contributed by atoms with E-state index in [4.69, 9.17) is 5.73 Å². The van der Waals surface area contributed by atoms with Crippen LogP contribution in [0.1, 0.15) is 0 Å². The highest BCUT2D eigenvalue weighted by atomic mass is 16.1. The highest BCUT2D eigenvalue weighted by Crippen LogP contribution is 2.15. The number of rotatable bonds is 0. The summed E-state index contributed by atoms with van der Waals surface area (Å²) in [5, 5.41) is 0. The molecule has 0 atom stereocenters. The molecule has 0 saturated carbocycles. The van der Waals surface area contributed by atoms with Gasteiger partial charge in [0.1, 0.15) is 5.52 Å². The fraction of sp³-hybridized carbons (Fsp3) is 0. The molecule has 3 N–H and O–H groups in total. The largest absolute Gasteiger partial charge is 0.399 e. The summed E-state index contributed by atoms with van der Waals surface area (Å²) in [5.41, 5.74) is 8.65. The lowest BCUT2D eigenvalue weighted by Crippen LogP contribution is -2.09. The van der Waals surface area contributed by atoms with Gasteiger partial charge in [0.15, 0.2) is 0 Å². The van der Waals surface area contributed by atoms with Crippen molar-refractivity contribution in [3.05, 3.63) is 46.9 Å². The third-order valence-corrected chi connectivity index (χ3v) is 2.51. The fourth-order valence-corrected chi connectivity index (χ4v) is 1.82. The van der Waals surface area contributed by atoms with Gasteiger partial charge in [0.05, 0.1) is 11.0 Å². The van der Waals surface area contributed by atoms with Crippen molar-refractivity contribution in [2.24, 2.45) is 0 Å². The van der Waals surface area contributed by atoms with Crippen LogP contribution in [0.15, 0.2) is 41.3 Å². The summed E-state index contributed by atoms with van der Waals surface area (Å²) >= 11 is 0. The van der Waals surface area contributed by atoms with Gasteiger partial charge in [-0.05, 0) is 30.3 Å². The van der Waals surface area contributed by atoms with Crippen LogP contribution < -0.4 is 11.3 Å². The molecule has 0 aliphatic rings. The minimum absolute atomic E-state index is 0.0859. The average molecular weight is 199 g/mol. The Hall–Kier alpha value is -2.23. The number of benzene rings is 1. The fourth-order valence-electron chi connectivity index (χ4n) is 1.82. The SMILES string of the molecule is Nc1ccc2[nH]c(=O)c3cccn3c2c1. The maximum atomic E-state index is 11.6. The maximum absolute atomic E-state index is 11.6. The van der Waals surface area contributed by atoms with Crippen LogP contribution in [0.2, 0.25) is 0 Å². The van der Waals surface area contributed by atoms with Gasteiger partial charge in [-0.2, -0.15) is 0 Å². The van der Waals surface area contributed by atoms with Crippen molar-refractivity contribution in [1.29, 1.82) is 0 Å². The van der Waals surface area contributed by atoms with E-state index in [9.17, 15) is 4.79 Å². The Kier molecular flexibility index (Phi) is 1.42. The second-order valence-electron chi connectivity index (χ2n) is 3.49. The van der Waals surface area contributed by atoms with Crippen LogP contribution >= 0.6 is 0 Å². The summed E-state index contributed by atoms with van der Waals surface area (Å²) in [6, 6.07) is 9.05. The summed E-state index contributed by atoms with van der Waals surface area (Å²) in [5.74, 6) is 0. The number of nitrogens with one attached hydrogen (secondary N) is 1. The molecule has 0 saturated heterocycles. The summed E-state index contributed by atoms with van der Waals surface area (Å²) in [6.45, 7) is 0. The number of aromatic nitrogens is 2. The highest BCUT2D eigenvalue weighted by molar-refractivity contribution is 5.81. The third-order valence-electron chi connectivity index (χ3n) is 2.51. The number of nitrogen functional groups attached to an aromatic ring is 1. The number of hydrogen-bond donors (Lipinski definition) is 2. The first-order valence-corrected chi connectivity index (χ1v) is 4.64. The normalized spacial score (nSPS) is 11.2. The van der Waals surface area contributed by atoms with Gasteiger partial charge in [0.2, 0.25) is 0 Å².